The van der Waals surface area contributed by atoms with Crippen LogP contribution in [0.2, 0.25) is 0 Å². The van der Waals surface area contributed by atoms with Crippen molar-refractivity contribution < 1.29 is 4.79 Å². The SMILES string of the molecule is Cc1ccn(CC(C)C(N)=O)n1. The monoisotopic (exact) mass is 167 g/mol. The van der Waals surface area contributed by atoms with Crippen molar-refractivity contribution in [3.8, 4) is 0 Å². The Balaban J connectivity index is 2.58. The topological polar surface area (TPSA) is 60.9 Å². The number of aromatic nitrogens is 2. The molecule has 0 aliphatic heterocycles. The molecule has 4 heteroatoms. The number of amides is 1. The molecular formula is C8H13N3O. The fourth-order valence-electron chi connectivity index (χ4n) is 0.935. The van der Waals surface area contributed by atoms with E-state index in [0.29, 0.717) is 6.54 Å². The van der Waals surface area contributed by atoms with Crippen molar-refractivity contribution in [3.05, 3.63) is 18.0 Å². The van der Waals surface area contributed by atoms with E-state index in [1.807, 2.05) is 19.2 Å². The molecule has 0 fully saturated rings. The molecule has 1 atom stereocenters. The normalized spacial score (nSPS) is 12.8. The number of hydrogen-bond acceptors (Lipinski definition) is 2. The average Bonchev–Trinajstić information content (AvgIpc) is 2.35. The molecule has 0 saturated heterocycles. The summed E-state index contributed by atoms with van der Waals surface area (Å²) in [5, 5.41) is 4.14. The predicted octanol–water partition coefficient (Wildman–Crippen LogP) is 0.313. The molecule has 1 amide bonds. The van der Waals surface area contributed by atoms with Crippen molar-refractivity contribution in [1.82, 2.24) is 9.78 Å². The first-order valence-electron chi connectivity index (χ1n) is 3.89. The van der Waals surface area contributed by atoms with E-state index >= 15 is 0 Å². The summed E-state index contributed by atoms with van der Waals surface area (Å²) in [7, 11) is 0. The lowest BCUT2D eigenvalue weighted by atomic mass is 10.2. The number of aryl methyl sites for hydroxylation is 1. The molecule has 2 N–H and O–H groups in total. The van der Waals surface area contributed by atoms with Crippen LogP contribution in [0.15, 0.2) is 12.3 Å². The second-order valence-electron chi connectivity index (χ2n) is 2.98. The first kappa shape index (κ1) is 8.77. The Morgan fingerprint density at radius 2 is 2.50 bits per heavy atom. The Morgan fingerprint density at radius 3 is 2.92 bits per heavy atom. The van der Waals surface area contributed by atoms with Gasteiger partial charge >= 0.3 is 0 Å². The second-order valence-corrected chi connectivity index (χ2v) is 2.98. The van der Waals surface area contributed by atoms with E-state index in [1.54, 1.807) is 11.6 Å². The van der Waals surface area contributed by atoms with E-state index in [1.165, 1.54) is 0 Å². The fraction of sp³-hybridized carbons (Fsp3) is 0.500. The number of hydrogen-bond donors (Lipinski definition) is 1. The maximum absolute atomic E-state index is 10.7. The number of carbonyl (C=O) groups is 1. The Labute approximate surface area is 71.4 Å². The maximum atomic E-state index is 10.7. The van der Waals surface area contributed by atoms with Crippen LogP contribution in [0.3, 0.4) is 0 Å². The maximum Gasteiger partial charge on any atom is 0.222 e. The number of nitrogens with two attached hydrogens (primary N) is 1. The van der Waals surface area contributed by atoms with E-state index in [-0.39, 0.29) is 11.8 Å². The van der Waals surface area contributed by atoms with Gasteiger partial charge in [0, 0.05) is 6.20 Å². The van der Waals surface area contributed by atoms with Crippen molar-refractivity contribution in [2.45, 2.75) is 20.4 Å². The average molecular weight is 167 g/mol. The molecule has 1 rings (SSSR count). The first-order chi connectivity index (χ1) is 5.59. The van der Waals surface area contributed by atoms with Gasteiger partial charge in [-0.3, -0.25) is 9.48 Å². The van der Waals surface area contributed by atoms with E-state index in [2.05, 4.69) is 5.10 Å². The highest BCUT2D eigenvalue weighted by atomic mass is 16.1. The summed E-state index contributed by atoms with van der Waals surface area (Å²) in [5.74, 6) is -0.451. The van der Waals surface area contributed by atoms with Gasteiger partial charge in [0.2, 0.25) is 5.91 Å². The number of carbonyl (C=O) groups excluding carboxylic acids is 1. The van der Waals surface area contributed by atoms with E-state index in [4.69, 9.17) is 5.73 Å². The van der Waals surface area contributed by atoms with Crippen LogP contribution in [0.4, 0.5) is 0 Å². The van der Waals surface area contributed by atoms with Crippen LogP contribution in [0.5, 0.6) is 0 Å². The summed E-state index contributed by atoms with van der Waals surface area (Å²) < 4.78 is 1.73. The molecule has 1 aromatic heterocycles. The third-order valence-electron chi connectivity index (χ3n) is 1.72. The van der Waals surface area contributed by atoms with E-state index in [0.717, 1.165) is 5.69 Å². The van der Waals surface area contributed by atoms with Gasteiger partial charge in [0.15, 0.2) is 0 Å². The van der Waals surface area contributed by atoms with E-state index in [9.17, 15) is 4.79 Å². The van der Waals surface area contributed by atoms with Crippen LogP contribution in [-0.2, 0) is 11.3 Å². The second kappa shape index (κ2) is 3.38. The molecule has 66 valence electrons. The first-order valence-corrected chi connectivity index (χ1v) is 3.89. The number of rotatable bonds is 3. The lowest BCUT2D eigenvalue weighted by Gasteiger charge is -2.06. The van der Waals surface area contributed by atoms with Crippen LogP contribution >= 0.6 is 0 Å². The van der Waals surface area contributed by atoms with Gasteiger partial charge in [-0.05, 0) is 13.0 Å². The number of nitrogens with zero attached hydrogens (tertiary/aromatic N) is 2. The van der Waals surface area contributed by atoms with Crippen LogP contribution < -0.4 is 5.73 Å². The van der Waals surface area contributed by atoms with Crippen LogP contribution in [0, 0.1) is 12.8 Å². The Hall–Kier alpha value is -1.32. The lowest BCUT2D eigenvalue weighted by Crippen LogP contribution is -2.24. The highest BCUT2D eigenvalue weighted by Gasteiger charge is 2.09. The quantitative estimate of drug-likeness (QED) is 0.704. The van der Waals surface area contributed by atoms with Crippen molar-refractivity contribution in [1.29, 1.82) is 0 Å². The molecule has 0 aromatic carbocycles. The zero-order chi connectivity index (χ0) is 9.14. The van der Waals surface area contributed by atoms with Crippen molar-refractivity contribution in [3.63, 3.8) is 0 Å². The van der Waals surface area contributed by atoms with Gasteiger partial charge in [-0.25, -0.2) is 0 Å². The summed E-state index contributed by atoms with van der Waals surface area (Å²) in [5.41, 5.74) is 6.06. The van der Waals surface area contributed by atoms with Crippen molar-refractivity contribution in [2.24, 2.45) is 11.7 Å². The largest absolute Gasteiger partial charge is 0.369 e. The lowest BCUT2D eigenvalue weighted by molar-refractivity contribution is -0.121. The Morgan fingerprint density at radius 1 is 1.83 bits per heavy atom. The molecule has 4 nitrogen and oxygen atoms in total. The number of primary amides is 1. The van der Waals surface area contributed by atoms with Gasteiger partial charge < -0.3 is 5.73 Å². The fourth-order valence-corrected chi connectivity index (χ4v) is 0.935. The molecule has 0 aliphatic rings. The summed E-state index contributed by atoms with van der Waals surface area (Å²) in [6.07, 6.45) is 1.84. The van der Waals surface area contributed by atoms with Crippen LogP contribution in [0.1, 0.15) is 12.6 Å². The molecule has 1 unspecified atom stereocenters. The van der Waals surface area contributed by atoms with Gasteiger partial charge in [-0.2, -0.15) is 5.10 Å². The van der Waals surface area contributed by atoms with Gasteiger partial charge in [0.25, 0.3) is 0 Å². The Kier molecular flexibility index (Phi) is 2.47. The molecular weight excluding hydrogens is 154 g/mol. The molecule has 1 aromatic rings. The predicted molar refractivity (Wildman–Crippen MR) is 45.3 cm³/mol. The summed E-state index contributed by atoms with van der Waals surface area (Å²) >= 11 is 0. The minimum atomic E-state index is -0.289. The highest BCUT2D eigenvalue weighted by molar-refractivity contribution is 5.76. The smallest absolute Gasteiger partial charge is 0.222 e. The molecule has 1 heterocycles. The summed E-state index contributed by atoms with van der Waals surface area (Å²) in [6.45, 7) is 4.26. The molecule has 0 spiro atoms. The minimum absolute atomic E-state index is 0.163. The third kappa shape index (κ3) is 2.08. The minimum Gasteiger partial charge on any atom is -0.369 e. The molecule has 0 aliphatic carbocycles. The zero-order valence-corrected chi connectivity index (χ0v) is 7.32. The van der Waals surface area contributed by atoms with Gasteiger partial charge in [-0.15, -0.1) is 0 Å². The van der Waals surface area contributed by atoms with Crippen LogP contribution in [-0.4, -0.2) is 15.7 Å². The van der Waals surface area contributed by atoms with Gasteiger partial charge in [0.1, 0.15) is 0 Å². The van der Waals surface area contributed by atoms with E-state index < -0.39 is 0 Å². The molecule has 0 radical (unpaired) electrons. The standard InChI is InChI=1S/C8H13N3O/c1-6(8(9)12)5-11-4-3-7(2)10-11/h3-4,6H,5H2,1-2H3,(H2,9,12). The summed E-state index contributed by atoms with van der Waals surface area (Å²) in [6, 6.07) is 1.90. The van der Waals surface area contributed by atoms with Crippen molar-refractivity contribution in [2.75, 3.05) is 0 Å². The molecule has 0 saturated carbocycles. The third-order valence-corrected chi connectivity index (χ3v) is 1.72. The highest BCUT2D eigenvalue weighted by Crippen LogP contribution is 1.99. The molecule has 0 bridgehead atoms. The van der Waals surface area contributed by atoms with Gasteiger partial charge in [0.05, 0.1) is 18.2 Å². The van der Waals surface area contributed by atoms with Crippen LogP contribution in [0.25, 0.3) is 0 Å². The van der Waals surface area contributed by atoms with Crippen molar-refractivity contribution >= 4 is 5.91 Å². The van der Waals surface area contributed by atoms with Gasteiger partial charge in [-0.1, -0.05) is 6.92 Å². The zero-order valence-electron chi connectivity index (χ0n) is 7.32. The summed E-state index contributed by atoms with van der Waals surface area (Å²) in [4.78, 5) is 10.7. The Bertz CT molecular complexity index is 280. The molecule has 12 heavy (non-hydrogen) atoms.